The van der Waals surface area contributed by atoms with Crippen molar-refractivity contribution in [3.63, 3.8) is 0 Å². The normalized spacial score (nSPS) is 17.3. The molecule has 0 aromatic heterocycles. The Kier molecular flexibility index (Phi) is 6.85. The molecule has 7 nitrogen and oxygen atoms in total. The maximum Gasteiger partial charge on any atom is 0.423 e. The second kappa shape index (κ2) is 8.00. The molecule has 1 atom stereocenters. The highest BCUT2D eigenvalue weighted by Crippen LogP contribution is 2.32. The molecule has 1 unspecified atom stereocenters. The van der Waals surface area contributed by atoms with Crippen LogP contribution in [0.25, 0.3) is 0 Å². The molecule has 0 radical (unpaired) electrons. The van der Waals surface area contributed by atoms with Crippen LogP contribution in [0.15, 0.2) is 23.1 Å². The zero-order chi connectivity index (χ0) is 21.2. The zero-order valence-corrected chi connectivity index (χ0v) is 14.3. The van der Waals surface area contributed by atoms with E-state index in [9.17, 15) is 39.6 Å². The monoisotopic (exact) mass is 423 g/mol. The number of hydrogen-bond acceptors (Lipinski definition) is 5. The lowest BCUT2D eigenvalue weighted by molar-refractivity contribution is -0.308. The van der Waals surface area contributed by atoms with Gasteiger partial charge in [0.25, 0.3) is 0 Å². The van der Waals surface area contributed by atoms with E-state index in [1.807, 2.05) is 0 Å². The quantitative estimate of drug-likeness (QED) is 0.534. The molecule has 0 saturated heterocycles. The Balaban J connectivity index is 0.000000314. The Labute approximate surface area is 149 Å². The van der Waals surface area contributed by atoms with Crippen molar-refractivity contribution < 1.29 is 44.7 Å². The van der Waals surface area contributed by atoms with Gasteiger partial charge in [-0.05, 0) is 30.3 Å². The SMILES string of the molecule is CNS(=O)(=O)c1ccc2c(c1)CNC2C(N)=O.OC(C(F)(F)F)C(F)(F)F. The van der Waals surface area contributed by atoms with E-state index in [1.54, 1.807) is 12.1 Å². The number of sulfonamides is 1. The second-order valence-electron chi connectivity index (χ2n) is 5.27. The lowest BCUT2D eigenvalue weighted by atomic mass is 10.1. The number of halogens is 6. The van der Waals surface area contributed by atoms with Crippen LogP contribution in [0.5, 0.6) is 0 Å². The number of alkyl halides is 6. The first-order chi connectivity index (χ1) is 12.1. The Hall–Kier alpha value is -1.90. The van der Waals surface area contributed by atoms with E-state index in [2.05, 4.69) is 10.0 Å². The Morgan fingerprint density at radius 1 is 1.26 bits per heavy atom. The summed E-state index contributed by atoms with van der Waals surface area (Å²) in [7, 11) is -2.10. The van der Waals surface area contributed by atoms with Gasteiger partial charge in [-0.3, -0.25) is 10.1 Å². The van der Waals surface area contributed by atoms with E-state index in [1.165, 1.54) is 13.1 Å². The number of carbonyl (C=O) groups excluding carboxylic acids is 1. The molecule has 1 amide bonds. The lowest BCUT2D eigenvalue weighted by Crippen LogP contribution is -2.41. The number of fused-ring (bicyclic) bond motifs is 1. The molecule has 0 spiro atoms. The number of nitrogens with two attached hydrogens (primary N) is 1. The average Bonchev–Trinajstić information content (AvgIpc) is 2.96. The van der Waals surface area contributed by atoms with Crippen LogP contribution in [0.1, 0.15) is 17.2 Å². The summed E-state index contributed by atoms with van der Waals surface area (Å²) in [6, 6.07) is 4.11. The first kappa shape index (κ1) is 23.1. The van der Waals surface area contributed by atoms with Crippen LogP contribution in [0.3, 0.4) is 0 Å². The first-order valence-corrected chi connectivity index (χ1v) is 8.50. The van der Waals surface area contributed by atoms with E-state index in [4.69, 9.17) is 10.8 Å². The molecule has 0 saturated carbocycles. The van der Waals surface area contributed by atoms with Gasteiger partial charge < -0.3 is 10.8 Å². The molecular formula is C13H15F6N3O4S. The van der Waals surface area contributed by atoms with Crippen LogP contribution in [-0.2, 0) is 21.4 Å². The third kappa shape index (κ3) is 5.79. The smallest absolute Gasteiger partial charge is 0.377 e. The second-order valence-corrected chi connectivity index (χ2v) is 7.16. The Morgan fingerprint density at radius 3 is 2.15 bits per heavy atom. The summed E-state index contributed by atoms with van der Waals surface area (Å²) in [5.74, 6) is -0.465. The number of aliphatic hydroxyl groups is 1. The molecule has 1 heterocycles. The molecule has 0 fully saturated rings. The van der Waals surface area contributed by atoms with Crippen molar-refractivity contribution in [2.45, 2.75) is 35.9 Å². The molecule has 1 aliphatic heterocycles. The lowest BCUT2D eigenvalue weighted by Gasteiger charge is -2.16. The average molecular weight is 423 g/mol. The third-order valence-electron chi connectivity index (χ3n) is 3.41. The summed E-state index contributed by atoms with van der Waals surface area (Å²) in [5, 5.41) is 10.4. The van der Waals surface area contributed by atoms with Crippen LogP contribution in [0.2, 0.25) is 0 Å². The molecule has 0 aliphatic carbocycles. The maximum atomic E-state index is 11.6. The predicted molar refractivity (Wildman–Crippen MR) is 79.6 cm³/mol. The van der Waals surface area contributed by atoms with Gasteiger partial charge in [-0.15, -0.1) is 0 Å². The largest absolute Gasteiger partial charge is 0.423 e. The number of aliphatic hydroxyl groups excluding tert-OH is 1. The fourth-order valence-electron chi connectivity index (χ4n) is 2.06. The number of primary amides is 1. The molecule has 5 N–H and O–H groups in total. The van der Waals surface area contributed by atoms with E-state index in [0.717, 1.165) is 11.1 Å². The van der Waals surface area contributed by atoms with Gasteiger partial charge >= 0.3 is 12.4 Å². The summed E-state index contributed by atoms with van der Waals surface area (Å²) in [6.07, 6.45) is -15.5. The van der Waals surface area contributed by atoms with Crippen LogP contribution >= 0.6 is 0 Å². The molecule has 2 rings (SSSR count). The third-order valence-corrected chi connectivity index (χ3v) is 4.82. The van der Waals surface area contributed by atoms with Crippen molar-refractivity contribution in [1.29, 1.82) is 0 Å². The topological polar surface area (TPSA) is 122 Å². The van der Waals surface area contributed by atoms with Crippen molar-refractivity contribution in [3.8, 4) is 0 Å². The minimum absolute atomic E-state index is 0.186. The summed E-state index contributed by atoms with van der Waals surface area (Å²) in [5.41, 5.74) is 6.76. The Morgan fingerprint density at radius 2 is 1.78 bits per heavy atom. The zero-order valence-electron chi connectivity index (χ0n) is 13.5. The fraction of sp³-hybridized carbons (Fsp3) is 0.462. The minimum atomic E-state index is -5.63. The highest BCUT2D eigenvalue weighted by Gasteiger charge is 2.55. The van der Waals surface area contributed by atoms with Crippen LogP contribution in [0.4, 0.5) is 26.3 Å². The van der Waals surface area contributed by atoms with E-state index >= 15 is 0 Å². The molecule has 1 aromatic carbocycles. The molecule has 14 heteroatoms. The molecular weight excluding hydrogens is 408 g/mol. The van der Waals surface area contributed by atoms with Gasteiger partial charge in [0.2, 0.25) is 22.0 Å². The van der Waals surface area contributed by atoms with Crippen LogP contribution < -0.4 is 15.8 Å². The van der Waals surface area contributed by atoms with E-state index < -0.39 is 40.4 Å². The van der Waals surface area contributed by atoms with Gasteiger partial charge in [-0.2, -0.15) is 26.3 Å². The summed E-state index contributed by atoms with van der Waals surface area (Å²) < 4.78 is 91.3. The molecule has 154 valence electrons. The number of nitrogens with one attached hydrogen (secondary N) is 2. The van der Waals surface area contributed by atoms with Gasteiger partial charge in [-0.1, -0.05) is 6.07 Å². The fourth-order valence-corrected chi connectivity index (χ4v) is 2.84. The van der Waals surface area contributed by atoms with Crippen LogP contribution in [-0.4, -0.2) is 44.9 Å². The number of amides is 1. The molecule has 0 bridgehead atoms. The standard InChI is InChI=1S/C10H13N3O3S.C3H2F6O/c1-12-17(15,16)7-2-3-8-6(4-7)5-13-9(8)10(11)14;4-2(5,6)1(10)3(7,8)9/h2-4,9,12-13H,5H2,1H3,(H2,11,14);1,10H. The summed E-state index contributed by atoms with van der Waals surface area (Å²) in [4.78, 5) is 11.3. The van der Waals surface area contributed by atoms with Crippen molar-refractivity contribution in [1.82, 2.24) is 10.0 Å². The highest BCUT2D eigenvalue weighted by molar-refractivity contribution is 7.89. The van der Waals surface area contributed by atoms with E-state index in [0.29, 0.717) is 6.54 Å². The number of hydrogen-bond donors (Lipinski definition) is 4. The number of carbonyl (C=O) groups is 1. The predicted octanol–water partition coefficient (Wildman–Crippen LogP) is 0.696. The Bertz CT molecular complexity index is 780. The highest BCUT2D eigenvalue weighted by atomic mass is 32.2. The summed E-state index contributed by atoms with van der Waals surface area (Å²) in [6.45, 7) is 0.440. The first-order valence-electron chi connectivity index (χ1n) is 7.01. The molecule has 27 heavy (non-hydrogen) atoms. The van der Waals surface area contributed by atoms with Crippen molar-refractivity contribution in [2.24, 2.45) is 5.73 Å². The molecule has 1 aromatic rings. The summed E-state index contributed by atoms with van der Waals surface area (Å²) >= 11 is 0. The molecule has 1 aliphatic rings. The van der Waals surface area contributed by atoms with Gasteiger partial charge in [0, 0.05) is 6.54 Å². The van der Waals surface area contributed by atoms with E-state index in [-0.39, 0.29) is 4.90 Å². The van der Waals surface area contributed by atoms with Gasteiger partial charge in [-0.25, -0.2) is 13.1 Å². The van der Waals surface area contributed by atoms with Gasteiger partial charge in [0.15, 0.2) is 0 Å². The number of rotatable bonds is 3. The minimum Gasteiger partial charge on any atom is -0.377 e. The number of benzene rings is 1. The maximum absolute atomic E-state index is 11.6. The van der Waals surface area contributed by atoms with Gasteiger partial charge in [0.05, 0.1) is 4.90 Å². The van der Waals surface area contributed by atoms with Crippen LogP contribution in [0, 0.1) is 0 Å². The van der Waals surface area contributed by atoms with Gasteiger partial charge in [0.1, 0.15) is 6.04 Å². The van der Waals surface area contributed by atoms with Crippen molar-refractivity contribution >= 4 is 15.9 Å². The van der Waals surface area contributed by atoms with Crippen molar-refractivity contribution in [3.05, 3.63) is 29.3 Å². The van der Waals surface area contributed by atoms with Crippen molar-refractivity contribution in [2.75, 3.05) is 7.05 Å².